The first kappa shape index (κ1) is 20.4. The molecule has 0 bridgehead atoms. The molecule has 4 aromatic rings. The molecule has 1 amide bonds. The molecule has 0 saturated carbocycles. The number of carbonyl (C=O) groups is 1. The van der Waals surface area contributed by atoms with Gasteiger partial charge < -0.3 is 9.42 Å². The molecule has 0 saturated heterocycles. The van der Waals surface area contributed by atoms with Crippen molar-refractivity contribution in [1.29, 1.82) is 0 Å². The Balaban J connectivity index is 1.22. The second kappa shape index (κ2) is 8.55. The number of amides is 1. The number of halogens is 1. The van der Waals surface area contributed by atoms with Crippen LogP contribution in [0.3, 0.4) is 0 Å². The van der Waals surface area contributed by atoms with E-state index in [0.717, 1.165) is 59.5 Å². The van der Waals surface area contributed by atoms with Gasteiger partial charge in [-0.05, 0) is 67.9 Å². The summed E-state index contributed by atoms with van der Waals surface area (Å²) in [5.41, 5.74) is 5.47. The zero-order valence-electron chi connectivity index (χ0n) is 17.9. The van der Waals surface area contributed by atoms with Crippen molar-refractivity contribution in [2.24, 2.45) is 0 Å². The Hall–Kier alpha value is -3.51. The third-order valence-corrected chi connectivity index (χ3v) is 5.91. The van der Waals surface area contributed by atoms with Gasteiger partial charge in [0.25, 0.3) is 0 Å². The highest BCUT2D eigenvalue weighted by Gasteiger charge is 2.28. The van der Waals surface area contributed by atoms with E-state index < -0.39 is 0 Å². The summed E-state index contributed by atoms with van der Waals surface area (Å²) in [5, 5.41) is 4.97. The van der Waals surface area contributed by atoms with E-state index in [-0.39, 0.29) is 11.7 Å². The minimum atomic E-state index is -0.318. The molecular weight excluding hydrogens is 405 g/mol. The number of rotatable bonds is 7. The first-order chi connectivity index (χ1) is 15.6. The van der Waals surface area contributed by atoms with E-state index in [1.165, 1.54) is 12.1 Å². The van der Waals surface area contributed by atoms with E-state index in [0.29, 0.717) is 12.0 Å². The molecule has 6 heteroatoms. The quantitative estimate of drug-likeness (QED) is 0.403. The summed E-state index contributed by atoms with van der Waals surface area (Å²) in [5.74, 6) is -0.210. The number of hydrogen-bond donors (Lipinski definition) is 0. The lowest BCUT2D eigenvalue weighted by Crippen LogP contribution is -2.22. The van der Waals surface area contributed by atoms with Gasteiger partial charge in [-0.1, -0.05) is 35.5 Å². The number of para-hydroxylation sites is 1. The van der Waals surface area contributed by atoms with Crippen LogP contribution in [-0.4, -0.2) is 29.6 Å². The standard InChI is InChI=1S/C26H24FN3O2/c1-29(13-5-9-23-22-12-11-20(27)16-25(22)32-28-23)17-18-6-4-8-21(14-18)30-24-10-3-2-7-19(24)15-26(30)31/h2-4,6-8,10-12,14,16H,5,9,13,15,17H2,1H3. The molecule has 1 aliphatic rings. The van der Waals surface area contributed by atoms with E-state index in [4.69, 9.17) is 4.52 Å². The van der Waals surface area contributed by atoms with Crippen LogP contribution in [0.5, 0.6) is 0 Å². The fraction of sp³-hybridized carbons (Fsp3) is 0.231. The molecule has 5 nitrogen and oxygen atoms in total. The summed E-state index contributed by atoms with van der Waals surface area (Å²) < 4.78 is 18.6. The van der Waals surface area contributed by atoms with Crippen LogP contribution in [0.1, 0.15) is 23.2 Å². The molecular formula is C26H24FN3O2. The van der Waals surface area contributed by atoms with Crippen molar-refractivity contribution < 1.29 is 13.7 Å². The largest absolute Gasteiger partial charge is 0.356 e. The SMILES string of the molecule is CN(CCCc1noc2cc(F)ccc12)Cc1cccc(N2C(=O)Cc3ccccc32)c1. The molecule has 0 unspecified atom stereocenters. The smallest absolute Gasteiger partial charge is 0.236 e. The maximum atomic E-state index is 13.3. The lowest BCUT2D eigenvalue weighted by molar-refractivity contribution is -0.116. The molecule has 1 aromatic heterocycles. The van der Waals surface area contributed by atoms with Crippen molar-refractivity contribution in [2.45, 2.75) is 25.8 Å². The van der Waals surface area contributed by atoms with Gasteiger partial charge in [-0.15, -0.1) is 0 Å². The maximum Gasteiger partial charge on any atom is 0.236 e. The van der Waals surface area contributed by atoms with Gasteiger partial charge in [-0.2, -0.15) is 0 Å². The summed E-state index contributed by atoms with van der Waals surface area (Å²) in [6, 6.07) is 20.7. The molecule has 1 aliphatic heterocycles. The van der Waals surface area contributed by atoms with Crippen LogP contribution in [-0.2, 0) is 24.2 Å². The molecule has 3 aromatic carbocycles. The Morgan fingerprint density at radius 3 is 2.88 bits per heavy atom. The third-order valence-electron chi connectivity index (χ3n) is 5.91. The molecule has 0 spiro atoms. The van der Waals surface area contributed by atoms with Crippen molar-refractivity contribution in [3.63, 3.8) is 0 Å². The summed E-state index contributed by atoms with van der Waals surface area (Å²) in [6.07, 6.45) is 2.12. The van der Waals surface area contributed by atoms with Gasteiger partial charge in [0.2, 0.25) is 5.91 Å². The lowest BCUT2D eigenvalue weighted by atomic mass is 10.1. The Kier molecular flexibility index (Phi) is 5.45. The fourth-order valence-electron chi connectivity index (χ4n) is 4.38. The Morgan fingerprint density at radius 1 is 1.09 bits per heavy atom. The fourth-order valence-corrected chi connectivity index (χ4v) is 4.38. The van der Waals surface area contributed by atoms with E-state index in [1.807, 2.05) is 41.3 Å². The van der Waals surface area contributed by atoms with Gasteiger partial charge in [0, 0.05) is 23.7 Å². The van der Waals surface area contributed by atoms with E-state index >= 15 is 0 Å². The van der Waals surface area contributed by atoms with Gasteiger partial charge in [0.1, 0.15) is 5.82 Å². The van der Waals surface area contributed by atoms with Crippen LogP contribution in [0.15, 0.2) is 71.3 Å². The van der Waals surface area contributed by atoms with Crippen LogP contribution in [0.25, 0.3) is 11.0 Å². The van der Waals surface area contributed by atoms with Crippen LogP contribution in [0, 0.1) is 5.82 Å². The normalized spacial score (nSPS) is 13.3. The van der Waals surface area contributed by atoms with Gasteiger partial charge in [0.05, 0.1) is 17.8 Å². The summed E-state index contributed by atoms with van der Waals surface area (Å²) in [4.78, 5) is 16.7. The molecule has 0 N–H and O–H groups in total. The van der Waals surface area contributed by atoms with Gasteiger partial charge in [-0.25, -0.2) is 4.39 Å². The van der Waals surface area contributed by atoms with Crippen LogP contribution < -0.4 is 4.90 Å². The zero-order valence-corrected chi connectivity index (χ0v) is 17.9. The first-order valence-electron chi connectivity index (χ1n) is 10.8. The number of aryl methyl sites for hydroxylation is 1. The van der Waals surface area contributed by atoms with Crippen LogP contribution in [0.4, 0.5) is 15.8 Å². The summed E-state index contributed by atoms with van der Waals surface area (Å²) >= 11 is 0. The molecule has 2 heterocycles. The number of fused-ring (bicyclic) bond motifs is 2. The third kappa shape index (κ3) is 4.01. The van der Waals surface area contributed by atoms with Gasteiger partial charge in [-0.3, -0.25) is 9.69 Å². The van der Waals surface area contributed by atoms with Crippen LogP contribution >= 0.6 is 0 Å². The monoisotopic (exact) mass is 429 g/mol. The van der Waals surface area contributed by atoms with Gasteiger partial charge >= 0.3 is 0 Å². The summed E-state index contributed by atoms with van der Waals surface area (Å²) in [6.45, 7) is 1.66. The molecule has 0 fully saturated rings. The molecule has 162 valence electrons. The lowest BCUT2D eigenvalue weighted by Gasteiger charge is -2.20. The van der Waals surface area contributed by atoms with Crippen molar-refractivity contribution in [3.05, 3.63) is 89.4 Å². The van der Waals surface area contributed by atoms with Crippen LogP contribution in [0.2, 0.25) is 0 Å². The van der Waals surface area contributed by atoms with Crippen molar-refractivity contribution in [2.75, 3.05) is 18.5 Å². The van der Waals surface area contributed by atoms with E-state index in [1.54, 1.807) is 6.07 Å². The van der Waals surface area contributed by atoms with Crippen molar-refractivity contribution >= 4 is 28.3 Å². The van der Waals surface area contributed by atoms with Crippen molar-refractivity contribution in [1.82, 2.24) is 10.1 Å². The second-order valence-corrected chi connectivity index (χ2v) is 8.32. The number of anilines is 2. The van der Waals surface area contributed by atoms with E-state index in [2.05, 4.69) is 29.2 Å². The predicted octanol–water partition coefficient (Wildman–Crippen LogP) is 5.25. The minimum Gasteiger partial charge on any atom is -0.356 e. The second-order valence-electron chi connectivity index (χ2n) is 8.32. The predicted molar refractivity (Wildman–Crippen MR) is 122 cm³/mol. The van der Waals surface area contributed by atoms with E-state index in [9.17, 15) is 9.18 Å². The highest BCUT2D eigenvalue weighted by atomic mass is 19.1. The maximum absolute atomic E-state index is 13.3. The number of carbonyl (C=O) groups excluding carboxylic acids is 1. The topological polar surface area (TPSA) is 49.6 Å². The highest BCUT2D eigenvalue weighted by molar-refractivity contribution is 6.07. The van der Waals surface area contributed by atoms with Crippen molar-refractivity contribution in [3.8, 4) is 0 Å². The molecule has 32 heavy (non-hydrogen) atoms. The molecule has 0 atom stereocenters. The number of hydrogen-bond acceptors (Lipinski definition) is 4. The number of aromatic nitrogens is 1. The number of nitrogens with zero attached hydrogens (tertiary/aromatic N) is 3. The first-order valence-corrected chi connectivity index (χ1v) is 10.8. The molecule has 0 aliphatic carbocycles. The summed E-state index contributed by atoms with van der Waals surface area (Å²) in [7, 11) is 2.08. The average molecular weight is 429 g/mol. The highest BCUT2D eigenvalue weighted by Crippen LogP contribution is 2.35. The Labute approximate surface area is 186 Å². The van der Waals surface area contributed by atoms with Gasteiger partial charge in [0.15, 0.2) is 5.58 Å². The molecule has 0 radical (unpaired) electrons. The minimum absolute atomic E-state index is 0.108. The molecule has 5 rings (SSSR count). The average Bonchev–Trinajstić information content (AvgIpc) is 3.33. The number of benzene rings is 3. The zero-order chi connectivity index (χ0) is 22.1. The Morgan fingerprint density at radius 2 is 1.97 bits per heavy atom. The Bertz CT molecular complexity index is 1280.